The Morgan fingerprint density at radius 3 is 2.76 bits per heavy atom. The number of benzene rings is 2. The molecular formula is C17H17N5O3. The van der Waals surface area contributed by atoms with Crippen LogP contribution in [-0.2, 0) is 0 Å². The summed E-state index contributed by atoms with van der Waals surface area (Å²) in [5, 5.41) is 25.1. The summed E-state index contributed by atoms with van der Waals surface area (Å²) in [6, 6.07) is 11.1. The van der Waals surface area contributed by atoms with Gasteiger partial charge in [0.15, 0.2) is 5.82 Å². The lowest BCUT2D eigenvalue weighted by atomic mass is 10.1. The molecule has 0 aliphatic carbocycles. The summed E-state index contributed by atoms with van der Waals surface area (Å²) in [7, 11) is 0. The summed E-state index contributed by atoms with van der Waals surface area (Å²) in [6.07, 6.45) is 0. The molecule has 2 aromatic carbocycles. The Balaban J connectivity index is 2.17. The molecule has 8 nitrogen and oxygen atoms in total. The molecule has 0 saturated heterocycles. The maximum atomic E-state index is 11.0. The number of rotatable bonds is 5. The lowest BCUT2D eigenvalue weighted by Crippen LogP contribution is -2.25. The number of nitro groups is 1. The number of nitrogens with two attached hydrogens (primary N) is 1. The molecule has 1 heterocycles. The summed E-state index contributed by atoms with van der Waals surface area (Å²) < 4.78 is 0. The van der Waals surface area contributed by atoms with Crippen molar-refractivity contribution in [3.63, 3.8) is 0 Å². The van der Waals surface area contributed by atoms with Gasteiger partial charge in [0, 0.05) is 30.1 Å². The molecule has 0 amide bonds. The number of anilines is 1. The lowest BCUT2D eigenvalue weighted by Gasteiger charge is -2.13. The van der Waals surface area contributed by atoms with E-state index >= 15 is 0 Å². The number of aromatic hydroxyl groups is 1. The Morgan fingerprint density at radius 1 is 1.28 bits per heavy atom. The van der Waals surface area contributed by atoms with Crippen LogP contribution in [-0.4, -0.2) is 32.6 Å². The van der Waals surface area contributed by atoms with Crippen molar-refractivity contribution in [1.82, 2.24) is 9.97 Å². The number of phenolic OH excluding ortho intramolecular Hbond substituents is 1. The second-order valence-electron chi connectivity index (χ2n) is 5.73. The summed E-state index contributed by atoms with van der Waals surface area (Å²) in [6.45, 7) is 2.37. The summed E-state index contributed by atoms with van der Waals surface area (Å²) in [5.41, 5.74) is 6.50. The predicted octanol–water partition coefficient (Wildman–Crippen LogP) is 2.67. The minimum Gasteiger partial charge on any atom is -0.507 e. The van der Waals surface area contributed by atoms with E-state index in [4.69, 9.17) is 5.73 Å². The van der Waals surface area contributed by atoms with E-state index in [2.05, 4.69) is 15.3 Å². The van der Waals surface area contributed by atoms with Gasteiger partial charge in [-0.25, -0.2) is 9.97 Å². The smallest absolute Gasteiger partial charge is 0.270 e. The predicted molar refractivity (Wildman–Crippen MR) is 95.4 cm³/mol. The van der Waals surface area contributed by atoms with Crippen molar-refractivity contribution in [3.8, 4) is 17.1 Å². The van der Waals surface area contributed by atoms with Gasteiger partial charge in [-0.2, -0.15) is 0 Å². The molecule has 1 atom stereocenters. The first-order valence-electron chi connectivity index (χ1n) is 7.69. The van der Waals surface area contributed by atoms with Gasteiger partial charge in [-0.1, -0.05) is 12.1 Å². The summed E-state index contributed by atoms with van der Waals surface area (Å²) in [5.74, 6) is 0.634. The Bertz CT molecular complexity index is 943. The lowest BCUT2D eigenvalue weighted by molar-refractivity contribution is -0.384. The molecule has 0 radical (unpaired) electrons. The largest absolute Gasteiger partial charge is 0.507 e. The van der Waals surface area contributed by atoms with Crippen LogP contribution in [0.2, 0.25) is 0 Å². The van der Waals surface area contributed by atoms with E-state index in [0.717, 1.165) is 5.39 Å². The molecule has 0 aliphatic heterocycles. The Labute approximate surface area is 143 Å². The number of nitrogens with zero attached hydrogens (tertiary/aromatic N) is 3. The maximum Gasteiger partial charge on any atom is 0.270 e. The van der Waals surface area contributed by atoms with Gasteiger partial charge in [-0.15, -0.1) is 0 Å². The highest BCUT2D eigenvalue weighted by atomic mass is 16.6. The van der Waals surface area contributed by atoms with Crippen molar-refractivity contribution in [2.24, 2.45) is 5.73 Å². The standard InChI is InChI=1S/C17H17N5O3/c1-10(18)9-19-16-12-4-2-3-5-14(12)20-17(21-16)13-8-11(22(24)25)6-7-15(13)23/h2-8,10,23H,9,18H2,1H3,(H,19,20,21)/t10-/m1/s1. The molecule has 8 heteroatoms. The quantitative estimate of drug-likeness (QED) is 0.481. The third kappa shape index (κ3) is 3.48. The van der Waals surface area contributed by atoms with E-state index in [0.29, 0.717) is 17.9 Å². The SMILES string of the molecule is C[C@@H](N)CNc1nc(-c2cc([N+](=O)[O-])ccc2O)nc2ccccc12. The molecule has 3 rings (SSSR count). The van der Waals surface area contributed by atoms with Gasteiger partial charge in [0.1, 0.15) is 11.6 Å². The second kappa shape index (κ2) is 6.70. The van der Waals surface area contributed by atoms with Crippen LogP contribution in [0.15, 0.2) is 42.5 Å². The molecule has 0 bridgehead atoms. The van der Waals surface area contributed by atoms with Crippen LogP contribution in [0.1, 0.15) is 6.92 Å². The fraction of sp³-hybridized carbons (Fsp3) is 0.176. The normalized spacial score (nSPS) is 12.1. The van der Waals surface area contributed by atoms with Crippen molar-refractivity contribution < 1.29 is 10.0 Å². The van der Waals surface area contributed by atoms with Crippen LogP contribution in [0, 0.1) is 10.1 Å². The van der Waals surface area contributed by atoms with Crippen molar-refractivity contribution in [1.29, 1.82) is 0 Å². The van der Waals surface area contributed by atoms with E-state index < -0.39 is 4.92 Å². The Morgan fingerprint density at radius 2 is 2.04 bits per heavy atom. The molecule has 25 heavy (non-hydrogen) atoms. The van der Waals surface area contributed by atoms with Gasteiger partial charge < -0.3 is 16.2 Å². The van der Waals surface area contributed by atoms with Gasteiger partial charge in [0.05, 0.1) is 16.0 Å². The van der Waals surface area contributed by atoms with Crippen molar-refractivity contribution in [3.05, 3.63) is 52.6 Å². The first-order chi connectivity index (χ1) is 12.0. The number of hydrogen-bond acceptors (Lipinski definition) is 7. The molecule has 3 aromatic rings. The van der Waals surface area contributed by atoms with Crippen molar-refractivity contribution in [2.45, 2.75) is 13.0 Å². The topological polar surface area (TPSA) is 127 Å². The third-order valence-electron chi connectivity index (χ3n) is 3.63. The maximum absolute atomic E-state index is 11.0. The molecule has 0 aliphatic rings. The number of para-hydroxylation sites is 1. The average molecular weight is 339 g/mol. The minimum absolute atomic E-state index is 0.0802. The van der Waals surface area contributed by atoms with Crippen LogP contribution in [0.5, 0.6) is 5.75 Å². The zero-order valence-electron chi connectivity index (χ0n) is 13.5. The van der Waals surface area contributed by atoms with E-state index in [1.165, 1.54) is 18.2 Å². The Kier molecular flexibility index (Phi) is 4.44. The van der Waals surface area contributed by atoms with E-state index in [1.807, 2.05) is 31.2 Å². The van der Waals surface area contributed by atoms with E-state index in [9.17, 15) is 15.2 Å². The highest BCUT2D eigenvalue weighted by molar-refractivity contribution is 5.91. The minimum atomic E-state index is -0.529. The molecule has 0 unspecified atom stereocenters. The molecule has 0 saturated carbocycles. The molecule has 0 fully saturated rings. The van der Waals surface area contributed by atoms with Gasteiger partial charge >= 0.3 is 0 Å². The first-order valence-corrected chi connectivity index (χ1v) is 7.69. The van der Waals surface area contributed by atoms with Crippen LogP contribution >= 0.6 is 0 Å². The van der Waals surface area contributed by atoms with Crippen molar-refractivity contribution >= 4 is 22.4 Å². The number of aromatic nitrogens is 2. The highest BCUT2D eigenvalue weighted by Gasteiger charge is 2.16. The first kappa shape index (κ1) is 16.6. The van der Waals surface area contributed by atoms with E-state index in [-0.39, 0.29) is 28.9 Å². The van der Waals surface area contributed by atoms with Gasteiger partial charge in [0.2, 0.25) is 0 Å². The number of fused-ring (bicyclic) bond motifs is 1. The van der Waals surface area contributed by atoms with Crippen LogP contribution in [0.4, 0.5) is 11.5 Å². The molecule has 1 aromatic heterocycles. The second-order valence-corrected chi connectivity index (χ2v) is 5.73. The molecule has 4 N–H and O–H groups in total. The average Bonchev–Trinajstić information content (AvgIpc) is 2.59. The fourth-order valence-corrected chi connectivity index (χ4v) is 2.41. The zero-order chi connectivity index (χ0) is 18.0. The van der Waals surface area contributed by atoms with E-state index in [1.54, 1.807) is 0 Å². The van der Waals surface area contributed by atoms with Crippen molar-refractivity contribution in [2.75, 3.05) is 11.9 Å². The molecule has 0 spiro atoms. The number of hydrogen-bond donors (Lipinski definition) is 3. The van der Waals surface area contributed by atoms with Gasteiger partial charge in [-0.05, 0) is 25.1 Å². The van der Waals surface area contributed by atoms with Crippen LogP contribution in [0.3, 0.4) is 0 Å². The number of non-ortho nitro benzene ring substituents is 1. The summed E-state index contributed by atoms with van der Waals surface area (Å²) >= 11 is 0. The monoisotopic (exact) mass is 339 g/mol. The van der Waals surface area contributed by atoms with Gasteiger partial charge in [-0.3, -0.25) is 10.1 Å². The number of phenols is 1. The molecule has 128 valence electrons. The number of nitrogens with one attached hydrogen (secondary N) is 1. The highest BCUT2D eigenvalue weighted by Crippen LogP contribution is 2.32. The zero-order valence-corrected chi connectivity index (χ0v) is 13.5. The van der Waals surface area contributed by atoms with Crippen LogP contribution in [0.25, 0.3) is 22.3 Å². The fourth-order valence-electron chi connectivity index (χ4n) is 2.41. The summed E-state index contributed by atoms with van der Waals surface area (Å²) in [4.78, 5) is 19.4. The number of nitro benzene ring substituents is 1. The van der Waals surface area contributed by atoms with Crippen LogP contribution < -0.4 is 11.1 Å². The van der Waals surface area contributed by atoms with Gasteiger partial charge in [0.25, 0.3) is 5.69 Å². The molecular weight excluding hydrogens is 322 g/mol. The third-order valence-corrected chi connectivity index (χ3v) is 3.63. The Hall–Kier alpha value is -3.26.